The number of fused-ring (bicyclic) bond motifs is 10. The van der Waals surface area contributed by atoms with Gasteiger partial charge < -0.3 is 23.0 Å². The molecule has 8 heteroatoms. The Morgan fingerprint density at radius 2 is 0.956 bits per heavy atom. The fraction of sp³-hybridized carbons (Fsp3) is 0.0488. The van der Waals surface area contributed by atoms with Gasteiger partial charge in [0.25, 0.3) is 6.33 Å². The Kier molecular flexibility index (Phi) is 10.8. The second-order valence-electron chi connectivity index (χ2n) is 23.2. The van der Waals surface area contributed by atoms with Crippen LogP contribution in [0.3, 0.4) is 0 Å². The van der Waals surface area contributed by atoms with Crippen molar-refractivity contribution >= 4 is 76.5 Å². The van der Waals surface area contributed by atoms with Crippen molar-refractivity contribution in [3.63, 3.8) is 0 Å². The number of hydrogen-bond donors (Lipinski definition) is 0. The molecule has 0 fully saturated rings. The Balaban J connectivity index is 0.00000778. The van der Waals surface area contributed by atoms with E-state index in [1.807, 2.05) is 115 Å². The quantitative estimate of drug-likeness (QED) is 0.101. The number of ether oxygens (including phenoxy) is 1. The van der Waals surface area contributed by atoms with Gasteiger partial charge in [0.2, 0.25) is 0 Å². The van der Waals surface area contributed by atoms with Crippen LogP contribution in [0.15, 0.2) is 285 Å². The normalized spacial score (nSPS) is 13.4. The maximum atomic E-state index is 9.47. The SMILES string of the molecule is [2H]c1c([2H])c([2H])c(-c2cccc(-c3c([2H])c([2H])c([2H])c([2H])c3[2H])c2-[n+]2[c-]n(-c3[c-]c(Oc4[c-]c5c(cc4-n4c6ccccc6c6ccccc64)c4ccccc4n5-c4cc(C(C)(C)C)ccn4)ccc3)c3ccc(-c4ccccc4-n4c5ccccc5c5ccccc54)cc32)c([2H])c1[2H].[Pt]. The minimum atomic E-state index is -0.595. The first-order valence-corrected chi connectivity index (χ1v) is 29.5. The van der Waals surface area contributed by atoms with Crippen LogP contribution in [0.5, 0.6) is 11.5 Å². The van der Waals surface area contributed by atoms with E-state index in [9.17, 15) is 5.48 Å². The van der Waals surface area contributed by atoms with E-state index < -0.39 is 60.4 Å². The molecule has 0 atom stereocenters. The van der Waals surface area contributed by atoms with Crippen LogP contribution >= 0.6 is 0 Å². The number of hydrogen-bond acceptors (Lipinski definition) is 2. The zero-order valence-corrected chi connectivity index (χ0v) is 51.0. The Morgan fingerprint density at radius 3 is 1.54 bits per heavy atom. The summed E-state index contributed by atoms with van der Waals surface area (Å²) in [5.74, 6) is 1.41. The van der Waals surface area contributed by atoms with E-state index in [2.05, 4.69) is 144 Å². The summed E-state index contributed by atoms with van der Waals surface area (Å²) in [7, 11) is 0. The summed E-state index contributed by atoms with van der Waals surface area (Å²) in [6.07, 6.45) is 5.48. The van der Waals surface area contributed by atoms with E-state index in [1.54, 1.807) is 27.3 Å². The Bertz CT molecular complexity index is 6050. The molecule has 0 saturated carbocycles. The molecule has 17 rings (SSSR count). The third-order valence-corrected chi connectivity index (χ3v) is 17.0. The third kappa shape index (κ3) is 8.90. The molecule has 0 aliphatic rings. The monoisotopic (exact) mass is 1350 g/mol. The van der Waals surface area contributed by atoms with Crippen LogP contribution in [-0.2, 0) is 26.5 Å². The molecule has 0 saturated heterocycles. The molecule has 0 aliphatic carbocycles. The first-order valence-electron chi connectivity index (χ1n) is 34.5. The summed E-state index contributed by atoms with van der Waals surface area (Å²) in [6.45, 7) is 6.55. The fourth-order valence-corrected chi connectivity index (χ4v) is 13.0. The number of nitrogens with zero attached hydrogens (tertiary/aromatic N) is 6. The number of para-hydroxylation sites is 7. The maximum Gasteiger partial charge on any atom is 0.268 e. The van der Waals surface area contributed by atoms with E-state index in [4.69, 9.17) is 17.9 Å². The first kappa shape index (κ1) is 44.6. The summed E-state index contributed by atoms with van der Waals surface area (Å²) in [5, 5.41) is 6.21. The zero-order chi connectivity index (χ0) is 68.0. The molecule has 17 aromatic rings. The minimum absolute atomic E-state index is 0. The topological polar surface area (TPSA) is 45.7 Å². The van der Waals surface area contributed by atoms with Gasteiger partial charge in [0.1, 0.15) is 5.82 Å². The molecule has 432 valence electrons. The number of benzene rings is 12. The van der Waals surface area contributed by atoms with Crippen LogP contribution in [0.1, 0.15) is 40.0 Å². The Labute approximate surface area is 549 Å². The van der Waals surface area contributed by atoms with Gasteiger partial charge in [0.05, 0.1) is 47.1 Å². The van der Waals surface area contributed by atoms with E-state index in [0.717, 1.165) is 93.6 Å². The van der Waals surface area contributed by atoms with Gasteiger partial charge in [-0.3, -0.25) is 4.57 Å². The Hall–Kier alpha value is -10.9. The number of pyridine rings is 1. The summed E-state index contributed by atoms with van der Waals surface area (Å²) in [6, 6.07) is 74.2. The van der Waals surface area contributed by atoms with E-state index in [0.29, 0.717) is 33.9 Å². The van der Waals surface area contributed by atoms with Crippen LogP contribution in [0.2, 0.25) is 0 Å². The van der Waals surface area contributed by atoms with Crippen LogP contribution in [0, 0.1) is 18.5 Å². The van der Waals surface area contributed by atoms with Gasteiger partial charge in [-0.25, -0.2) is 4.98 Å². The molecule has 0 N–H and O–H groups in total. The Morgan fingerprint density at radius 1 is 0.444 bits per heavy atom. The summed E-state index contributed by atoms with van der Waals surface area (Å²) >= 11 is 0. The molecule has 0 radical (unpaired) electrons. The van der Waals surface area contributed by atoms with Crippen molar-refractivity contribution in [1.29, 1.82) is 0 Å². The maximum absolute atomic E-state index is 9.47. The van der Waals surface area contributed by atoms with Gasteiger partial charge >= 0.3 is 0 Å². The van der Waals surface area contributed by atoms with Crippen molar-refractivity contribution in [3.8, 4) is 73.4 Å². The fourth-order valence-electron chi connectivity index (χ4n) is 13.0. The predicted molar refractivity (Wildman–Crippen MR) is 364 cm³/mol. The molecular formula is C82H56N6OPt-2. The first-order chi connectivity index (χ1) is 47.9. The average Bonchev–Trinajstić information content (AvgIpc) is 1.45. The van der Waals surface area contributed by atoms with Gasteiger partial charge in [-0.2, -0.15) is 12.1 Å². The second kappa shape index (κ2) is 21.8. The summed E-state index contributed by atoms with van der Waals surface area (Å²) in [4.78, 5) is 5.00. The van der Waals surface area contributed by atoms with E-state index in [-0.39, 0.29) is 54.4 Å². The molecule has 0 amide bonds. The number of imidazole rings is 1. The van der Waals surface area contributed by atoms with Gasteiger partial charge in [0.15, 0.2) is 0 Å². The second-order valence-corrected chi connectivity index (χ2v) is 23.2. The molecule has 5 aromatic heterocycles. The molecule has 7 nitrogen and oxygen atoms in total. The van der Waals surface area contributed by atoms with Gasteiger partial charge in [-0.1, -0.05) is 232 Å². The van der Waals surface area contributed by atoms with Crippen molar-refractivity contribution in [1.82, 2.24) is 23.3 Å². The standard InChI is InChI=1S/C82H56N6O.Pt/c1-82(2,3)57-46-47-83-80(49-57)88-74-43-21-15-35-67(74)68-51-78(87-72-41-19-13-33-65(72)66-34-14-20-42-73(66)87)79(52-76(68)88)89-59-29-22-28-58(50-59)84-53-85(81-61(54-24-6-4-7-25-54)36-23-37-62(81)55-26-8-5-9-27-55)77-48-56(44-45-75(77)84)60-30-10-16-38-69(60)86-70-39-17-11-31-63(70)64-32-12-18-40-71(64)86;/h4-49,51H,1-3H3;/q-2;/i4D,5D,6D,7D,8D,9D,24D,25D,26D,27D;. The van der Waals surface area contributed by atoms with Crippen LogP contribution in [0.4, 0.5) is 0 Å². The van der Waals surface area contributed by atoms with Crippen LogP contribution < -0.4 is 9.30 Å². The van der Waals surface area contributed by atoms with Gasteiger partial charge in [0, 0.05) is 82.4 Å². The van der Waals surface area contributed by atoms with Gasteiger partial charge in [-0.05, 0) is 110 Å². The van der Waals surface area contributed by atoms with Gasteiger partial charge in [-0.15, -0.1) is 24.3 Å². The van der Waals surface area contributed by atoms with Crippen molar-refractivity contribution in [2.24, 2.45) is 0 Å². The van der Waals surface area contributed by atoms with Crippen molar-refractivity contribution < 1.29 is 44.1 Å². The minimum Gasteiger partial charge on any atom is -0.508 e. The summed E-state index contributed by atoms with van der Waals surface area (Å²) < 4.78 is 109. The smallest absolute Gasteiger partial charge is 0.268 e. The third-order valence-electron chi connectivity index (χ3n) is 17.0. The van der Waals surface area contributed by atoms with Crippen LogP contribution in [-0.4, -0.2) is 23.3 Å². The summed E-state index contributed by atoms with van der Waals surface area (Å²) in [5.41, 5.74) is 11.2. The molecular weight excluding hydrogens is 1280 g/mol. The number of aromatic nitrogens is 6. The van der Waals surface area contributed by atoms with E-state index in [1.165, 1.54) is 0 Å². The molecule has 12 aromatic carbocycles. The number of rotatable bonds is 10. The predicted octanol–water partition coefficient (Wildman–Crippen LogP) is 20.1. The largest absolute Gasteiger partial charge is 0.508 e. The zero-order valence-electron chi connectivity index (χ0n) is 58.8. The average molecular weight is 1350 g/mol. The molecule has 5 heterocycles. The van der Waals surface area contributed by atoms with E-state index >= 15 is 0 Å². The van der Waals surface area contributed by atoms with Crippen LogP contribution in [0.25, 0.3) is 138 Å². The molecule has 0 bridgehead atoms. The van der Waals surface area contributed by atoms with Crippen molar-refractivity contribution in [2.45, 2.75) is 26.2 Å². The molecule has 0 aliphatic heterocycles. The molecule has 0 unspecified atom stereocenters. The van der Waals surface area contributed by atoms with Crippen molar-refractivity contribution in [3.05, 3.63) is 309 Å². The molecule has 90 heavy (non-hydrogen) atoms. The molecule has 0 spiro atoms. The van der Waals surface area contributed by atoms with Crippen molar-refractivity contribution in [2.75, 3.05) is 0 Å².